The van der Waals surface area contributed by atoms with Gasteiger partial charge in [-0.3, -0.25) is 13.9 Å². The average molecular weight is 458 g/mol. The second-order valence-electron chi connectivity index (χ2n) is 7.27. The van der Waals surface area contributed by atoms with Crippen molar-refractivity contribution in [3.8, 4) is 17.2 Å². The Balaban J connectivity index is 1.86. The number of aryl methyl sites for hydroxylation is 4. The number of ether oxygens (including phenoxy) is 2. The summed E-state index contributed by atoms with van der Waals surface area (Å²) in [5.74, 6) is 1.50. The van der Waals surface area contributed by atoms with Crippen molar-refractivity contribution >= 4 is 26.7 Å². The quantitative estimate of drug-likeness (QED) is 0.472. The van der Waals surface area contributed by atoms with E-state index in [2.05, 4.69) is 9.88 Å². The summed E-state index contributed by atoms with van der Waals surface area (Å²) in [6.07, 6.45) is 0. The Kier molecular flexibility index (Phi) is 5.21. The molecule has 0 saturated heterocycles. The molecule has 0 aliphatic heterocycles. The Labute approximate surface area is 184 Å². The lowest BCUT2D eigenvalue weighted by Gasteiger charge is -2.14. The van der Waals surface area contributed by atoms with E-state index in [1.165, 1.54) is 16.1 Å². The minimum absolute atomic E-state index is 0.0463. The van der Waals surface area contributed by atoms with E-state index >= 15 is 0 Å². The Morgan fingerprint density at radius 2 is 1.59 bits per heavy atom. The van der Waals surface area contributed by atoms with Crippen LogP contribution < -0.4 is 19.9 Å². The fourth-order valence-corrected chi connectivity index (χ4v) is 4.91. The maximum Gasteiger partial charge on any atom is 0.328 e. The molecule has 32 heavy (non-hydrogen) atoms. The Morgan fingerprint density at radius 1 is 1.00 bits per heavy atom. The standard InChI is InChI=1S/C21H22N4O6S/c1-12-20(13(2)31-22-12)32(27,28)23-16-10-17-18(25(4)21(26)24(17)3)11-19(16)30-15-8-6-14(29-5)7-9-15/h6-11,23H,1-5H3. The predicted octanol–water partition coefficient (Wildman–Crippen LogP) is 3.08. The van der Waals surface area contributed by atoms with Crippen LogP contribution in [0.4, 0.5) is 5.69 Å². The van der Waals surface area contributed by atoms with Crippen molar-refractivity contribution in [1.29, 1.82) is 0 Å². The SMILES string of the molecule is COc1ccc(Oc2cc3c(cc2NS(=O)(=O)c2c(C)noc2C)n(C)c(=O)n3C)cc1. The van der Waals surface area contributed by atoms with Gasteiger partial charge in [0.1, 0.15) is 17.2 Å². The molecule has 0 spiro atoms. The van der Waals surface area contributed by atoms with Crippen LogP contribution in [0.1, 0.15) is 11.5 Å². The Morgan fingerprint density at radius 3 is 2.16 bits per heavy atom. The molecule has 0 fully saturated rings. The van der Waals surface area contributed by atoms with Crippen LogP contribution in [0.5, 0.6) is 17.2 Å². The Bertz CT molecular complexity index is 1460. The van der Waals surface area contributed by atoms with Crippen LogP contribution in [0.3, 0.4) is 0 Å². The first-order valence-electron chi connectivity index (χ1n) is 9.59. The highest BCUT2D eigenvalue weighted by Crippen LogP contribution is 2.36. The molecule has 2 aromatic heterocycles. The number of sulfonamides is 1. The van der Waals surface area contributed by atoms with Crippen LogP contribution in [0.2, 0.25) is 0 Å². The molecule has 4 aromatic rings. The van der Waals surface area contributed by atoms with Gasteiger partial charge in [-0.1, -0.05) is 5.16 Å². The highest BCUT2D eigenvalue weighted by molar-refractivity contribution is 7.92. The zero-order valence-electron chi connectivity index (χ0n) is 18.2. The van der Waals surface area contributed by atoms with Crippen molar-refractivity contribution in [2.75, 3.05) is 11.8 Å². The first kappa shape index (κ1) is 21.5. The summed E-state index contributed by atoms with van der Waals surface area (Å²) in [6, 6.07) is 10.0. The smallest absolute Gasteiger partial charge is 0.328 e. The van der Waals surface area contributed by atoms with Gasteiger partial charge in [0.05, 0.1) is 23.8 Å². The topological polar surface area (TPSA) is 118 Å². The summed E-state index contributed by atoms with van der Waals surface area (Å²) in [4.78, 5) is 12.4. The summed E-state index contributed by atoms with van der Waals surface area (Å²) in [6.45, 7) is 3.07. The zero-order valence-corrected chi connectivity index (χ0v) is 19.0. The third kappa shape index (κ3) is 3.60. The molecule has 0 amide bonds. The van der Waals surface area contributed by atoms with E-state index in [-0.39, 0.29) is 33.5 Å². The summed E-state index contributed by atoms with van der Waals surface area (Å²) in [5, 5.41) is 3.72. The largest absolute Gasteiger partial charge is 0.497 e. The third-order valence-electron chi connectivity index (χ3n) is 5.14. The number of hydrogen-bond donors (Lipinski definition) is 1. The van der Waals surface area contributed by atoms with Crippen molar-refractivity contribution in [2.45, 2.75) is 18.7 Å². The monoisotopic (exact) mass is 458 g/mol. The van der Waals surface area contributed by atoms with E-state index < -0.39 is 10.0 Å². The number of imidazole rings is 1. The molecule has 0 bridgehead atoms. The van der Waals surface area contributed by atoms with Crippen molar-refractivity contribution in [3.05, 3.63) is 58.3 Å². The first-order valence-corrected chi connectivity index (χ1v) is 11.1. The van der Waals surface area contributed by atoms with Gasteiger partial charge in [0.25, 0.3) is 10.0 Å². The summed E-state index contributed by atoms with van der Waals surface area (Å²) in [7, 11) is 0.762. The number of benzene rings is 2. The van der Waals surface area contributed by atoms with Gasteiger partial charge in [-0.2, -0.15) is 0 Å². The normalized spacial score (nSPS) is 11.7. The van der Waals surface area contributed by atoms with Crippen LogP contribution >= 0.6 is 0 Å². The van der Waals surface area contributed by atoms with Gasteiger partial charge in [-0.25, -0.2) is 13.2 Å². The number of nitrogens with one attached hydrogen (secondary N) is 1. The molecule has 2 aromatic carbocycles. The number of rotatable bonds is 6. The molecule has 0 unspecified atom stereocenters. The highest BCUT2D eigenvalue weighted by Gasteiger charge is 2.26. The van der Waals surface area contributed by atoms with E-state index in [9.17, 15) is 13.2 Å². The number of anilines is 1. The van der Waals surface area contributed by atoms with Gasteiger partial charge >= 0.3 is 5.69 Å². The number of nitrogens with zero attached hydrogens (tertiary/aromatic N) is 3. The first-order chi connectivity index (χ1) is 15.1. The fourth-order valence-electron chi connectivity index (χ4n) is 3.52. The molecule has 2 heterocycles. The van der Waals surface area contributed by atoms with E-state index in [0.717, 1.165) is 0 Å². The number of aromatic nitrogens is 3. The lowest BCUT2D eigenvalue weighted by atomic mass is 10.2. The molecule has 0 atom stereocenters. The predicted molar refractivity (Wildman–Crippen MR) is 118 cm³/mol. The van der Waals surface area contributed by atoms with Crippen molar-refractivity contribution in [3.63, 3.8) is 0 Å². The summed E-state index contributed by atoms with van der Waals surface area (Å²) >= 11 is 0. The second kappa shape index (κ2) is 7.75. The van der Waals surface area contributed by atoms with Gasteiger partial charge in [0.2, 0.25) is 0 Å². The van der Waals surface area contributed by atoms with E-state index in [0.29, 0.717) is 22.5 Å². The molecule has 1 N–H and O–H groups in total. The number of methoxy groups -OCH3 is 1. The zero-order chi connectivity index (χ0) is 23.2. The lowest BCUT2D eigenvalue weighted by molar-refractivity contribution is 0.390. The van der Waals surface area contributed by atoms with Crippen LogP contribution in [0.25, 0.3) is 11.0 Å². The molecule has 0 aliphatic carbocycles. The molecule has 10 nitrogen and oxygen atoms in total. The number of fused-ring (bicyclic) bond motifs is 1. The van der Waals surface area contributed by atoms with Crippen LogP contribution in [0, 0.1) is 13.8 Å². The van der Waals surface area contributed by atoms with Gasteiger partial charge in [0.15, 0.2) is 16.4 Å². The van der Waals surface area contributed by atoms with Crippen LogP contribution in [-0.4, -0.2) is 29.8 Å². The van der Waals surface area contributed by atoms with Crippen LogP contribution in [0.15, 0.2) is 50.6 Å². The molecule has 4 rings (SSSR count). The van der Waals surface area contributed by atoms with Crippen molar-refractivity contribution < 1.29 is 22.4 Å². The molecule has 168 valence electrons. The lowest BCUT2D eigenvalue weighted by Crippen LogP contribution is -2.19. The van der Waals surface area contributed by atoms with Gasteiger partial charge in [-0.15, -0.1) is 0 Å². The maximum atomic E-state index is 13.1. The van der Waals surface area contributed by atoms with Gasteiger partial charge < -0.3 is 14.0 Å². The summed E-state index contributed by atoms with van der Waals surface area (Å²) < 4.78 is 47.9. The minimum Gasteiger partial charge on any atom is -0.497 e. The molecule has 0 aliphatic rings. The van der Waals surface area contributed by atoms with Gasteiger partial charge in [0, 0.05) is 20.2 Å². The molecular weight excluding hydrogens is 436 g/mol. The Hall–Kier alpha value is -3.73. The number of hydrogen-bond acceptors (Lipinski definition) is 7. The molecule has 0 radical (unpaired) electrons. The highest BCUT2D eigenvalue weighted by atomic mass is 32.2. The fraction of sp³-hybridized carbons (Fsp3) is 0.238. The van der Waals surface area contributed by atoms with Crippen LogP contribution in [-0.2, 0) is 24.1 Å². The average Bonchev–Trinajstić information content (AvgIpc) is 3.20. The van der Waals surface area contributed by atoms with Crippen molar-refractivity contribution in [2.24, 2.45) is 14.1 Å². The van der Waals surface area contributed by atoms with E-state index in [1.54, 1.807) is 64.5 Å². The maximum absolute atomic E-state index is 13.1. The molecule has 0 saturated carbocycles. The molecule has 11 heteroatoms. The van der Waals surface area contributed by atoms with E-state index in [4.69, 9.17) is 14.0 Å². The summed E-state index contributed by atoms with van der Waals surface area (Å²) in [5.41, 5.74) is 1.27. The van der Waals surface area contributed by atoms with Gasteiger partial charge in [-0.05, 0) is 44.2 Å². The minimum atomic E-state index is -4.04. The second-order valence-corrected chi connectivity index (χ2v) is 8.89. The van der Waals surface area contributed by atoms with E-state index in [1.807, 2.05) is 0 Å². The molecular formula is C21H22N4O6S. The third-order valence-corrected chi connectivity index (χ3v) is 6.75. The van der Waals surface area contributed by atoms with Crippen molar-refractivity contribution in [1.82, 2.24) is 14.3 Å².